The number of H-pyrrole nitrogens is 1. The summed E-state index contributed by atoms with van der Waals surface area (Å²) >= 11 is 3.15. The quantitative estimate of drug-likeness (QED) is 0.0806. The first-order chi connectivity index (χ1) is 44.5. The Morgan fingerprint density at radius 2 is 1.31 bits per heavy atom. The van der Waals surface area contributed by atoms with Crippen LogP contribution in [0.25, 0.3) is 10.9 Å². The Hall–Kier alpha value is -8.53. The van der Waals surface area contributed by atoms with E-state index in [1.165, 1.54) is 76.0 Å². The Labute approximate surface area is 548 Å². The second-order valence-corrected chi connectivity index (χ2v) is 25.6. The number of thioether (sulfide) groups is 2. The molecule has 9 atom stereocenters. The number of carboxylic acid groups (broad SMARTS) is 1. The van der Waals surface area contributed by atoms with Crippen molar-refractivity contribution in [3.05, 3.63) is 136 Å². The van der Waals surface area contributed by atoms with Gasteiger partial charge in [0.05, 0.1) is 13.2 Å². The molecule has 1 aromatic heterocycles. The number of nitrogens with two attached hydrogens (primary N) is 1. The number of nitrogens with one attached hydrogen (secondary N) is 9. The molecule has 5 aromatic rings. The first-order valence-corrected chi connectivity index (χ1v) is 33.2. The number of methoxy groups -OCH3 is 2. The van der Waals surface area contributed by atoms with Crippen molar-refractivity contribution >= 4 is 93.6 Å². The summed E-state index contributed by atoms with van der Waals surface area (Å²) < 4.78 is 25.9. The molecular formula is C66H84FN11O13S2. The largest absolute Gasteiger partial charge is 0.497 e. The number of fused-ring (bicyclic) bond motifs is 4. The molecule has 7 rings (SSSR count). The van der Waals surface area contributed by atoms with E-state index in [1.807, 2.05) is 18.2 Å². The van der Waals surface area contributed by atoms with E-state index in [9.17, 15) is 47.9 Å². The maximum atomic E-state index is 15.1. The van der Waals surface area contributed by atoms with E-state index in [0.29, 0.717) is 74.8 Å². The topological polar surface area (TPSA) is 351 Å². The fourth-order valence-electron chi connectivity index (χ4n) is 11.0. The van der Waals surface area contributed by atoms with E-state index < -0.39 is 126 Å². The van der Waals surface area contributed by atoms with Gasteiger partial charge in [0, 0.05) is 99.0 Å². The number of ether oxygens (including phenoxy) is 2. The average molecular weight is 1320 g/mol. The molecule has 1 saturated heterocycles. The van der Waals surface area contributed by atoms with Crippen LogP contribution in [0.1, 0.15) is 93.2 Å². The molecule has 0 saturated carbocycles. The second kappa shape index (κ2) is 34.4. The number of benzene rings is 4. The SMILES string of the molecule is COc1ccc(C[C@@H]2NC(=O)[C@H]([C@@H](C)OC)NC(=O)[C@H](CCC(=O)O)NC(=O)[C@H](Cc3c[nH]c4ccc(F)cc34)NC(=O)[C@H](Cc3cccc(CN)c3)NC(=O)[C@@H](C)NC(=O)[C@H](C)NC(=O)CCSCc3cccc(c3)CSCCNC(=O)[C@]3(C)CCCN3C2=O)cc1. The molecule has 0 spiro atoms. The molecule has 1 fully saturated rings. The zero-order valence-electron chi connectivity index (χ0n) is 53.0. The smallest absolute Gasteiger partial charge is 0.303 e. The highest BCUT2D eigenvalue weighted by Crippen LogP contribution is 2.31. The zero-order valence-corrected chi connectivity index (χ0v) is 54.7. The molecule has 3 heterocycles. The number of aromatic amines is 1. The van der Waals surface area contributed by atoms with Gasteiger partial charge in [0.2, 0.25) is 53.2 Å². The summed E-state index contributed by atoms with van der Waals surface area (Å²) in [4.78, 5) is 146. The number of carboxylic acids is 1. The second-order valence-electron chi connectivity index (χ2n) is 23.4. The van der Waals surface area contributed by atoms with Gasteiger partial charge in [-0.25, -0.2) is 4.39 Å². The Bertz CT molecular complexity index is 3490. The van der Waals surface area contributed by atoms with E-state index in [-0.39, 0.29) is 51.2 Å². The van der Waals surface area contributed by atoms with Gasteiger partial charge in [0.15, 0.2) is 0 Å². The van der Waals surface area contributed by atoms with Crippen molar-refractivity contribution in [2.75, 3.05) is 38.8 Å². The molecule has 27 heteroatoms. The molecule has 0 radical (unpaired) electrons. The minimum Gasteiger partial charge on any atom is -0.497 e. The normalized spacial score (nSPS) is 23.9. The Kier molecular flexibility index (Phi) is 26.6. The first kappa shape index (κ1) is 71.9. The fourth-order valence-corrected chi connectivity index (χ4v) is 12.7. The lowest BCUT2D eigenvalue weighted by Crippen LogP contribution is -2.63. The van der Waals surface area contributed by atoms with Gasteiger partial charge in [-0.3, -0.25) is 47.9 Å². The monoisotopic (exact) mass is 1320 g/mol. The number of rotatable bonds is 13. The predicted molar refractivity (Wildman–Crippen MR) is 351 cm³/mol. The molecule has 24 nitrogen and oxygen atoms in total. The Balaban J connectivity index is 1.23. The molecule has 500 valence electrons. The maximum absolute atomic E-state index is 15.1. The minimum atomic E-state index is -1.73. The zero-order chi connectivity index (χ0) is 67.4. The van der Waals surface area contributed by atoms with Gasteiger partial charge in [-0.1, -0.05) is 60.7 Å². The fraction of sp³-hybridized carbons (Fsp3) is 0.455. The number of aliphatic carboxylic acids is 1. The lowest BCUT2D eigenvalue weighted by atomic mass is 9.95. The van der Waals surface area contributed by atoms with Crippen molar-refractivity contribution in [2.45, 2.75) is 151 Å². The summed E-state index contributed by atoms with van der Waals surface area (Å²) in [5.41, 5.74) is 9.37. The molecule has 12 N–H and O–H groups in total. The minimum absolute atomic E-state index is 0.0779. The third-order valence-electron chi connectivity index (χ3n) is 16.5. The number of hydrogen-bond acceptors (Lipinski definition) is 15. The van der Waals surface area contributed by atoms with Crippen LogP contribution in [0.5, 0.6) is 5.75 Å². The van der Waals surface area contributed by atoms with Gasteiger partial charge in [0.1, 0.15) is 59.4 Å². The van der Waals surface area contributed by atoms with Crippen molar-refractivity contribution in [3.63, 3.8) is 0 Å². The number of hydrogen-bond donors (Lipinski definition) is 11. The van der Waals surface area contributed by atoms with Crippen LogP contribution >= 0.6 is 23.5 Å². The molecule has 0 aliphatic carbocycles. The van der Waals surface area contributed by atoms with Gasteiger partial charge in [-0.05, 0) is 111 Å². The molecule has 93 heavy (non-hydrogen) atoms. The Morgan fingerprint density at radius 1 is 0.699 bits per heavy atom. The van der Waals surface area contributed by atoms with Crippen molar-refractivity contribution in [1.29, 1.82) is 0 Å². The van der Waals surface area contributed by atoms with E-state index in [1.54, 1.807) is 67.2 Å². The summed E-state index contributed by atoms with van der Waals surface area (Å²) in [6.07, 6.45) is -0.615. The predicted octanol–water partition coefficient (Wildman–Crippen LogP) is 3.20. The summed E-state index contributed by atoms with van der Waals surface area (Å²) in [5.74, 6) is -6.03. The number of aromatic nitrogens is 1. The van der Waals surface area contributed by atoms with E-state index in [2.05, 4.69) is 53.6 Å². The van der Waals surface area contributed by atoms with Gasteiger partial charge in [-0.2, -0.15) is 23.5 Å². The third-order valence-corrected chi connectivity index (χ3v) is 18.5. The standard InChI is InChI=1S/C66H84FN11O13S2/c1-38-58(82)72-39(2)59(83)74-52(31-42-10-7-11-43(28-42)34-68)61(85)75-53(32-46-35-70-50-19-16-47(67)33-49(46)50)62(86)73-51(20-21-56(80)81)60(84)77-57(40(3)90-5)63(87)76-54(30-41-14-17-48(91-6)18-15-41)64(88)78-25-9-23-66(78,4)65(89)69-24-27-93-37-45-13-8-12-44(29-45)36-92-26-22-55(79)71-38/h7-8,10-19,28-29,33,35,38-40,51-54,57,70H,9,20-27,30-32,34,36-37,68H2,1-6H3,(H,69,89)(H,71,79)(H,72,82)(H,73,86)(H,74,83)(H,75,85)(H,76,87)(H,77,84)(H,80,81)/t38-,39+,40+,51-,52-,53-,54-,57-,66-/m0/s1. The average Bonchev–Trinajstić information content (AvgIpc) is 1.72. The van der Waals surface area contributed by atoms with Crippen LogP contribution in [0.3, 0.4) is 0 Å². The van der Waals surface area contributed by atoms with Crippen LogP contribution in [-0.2, 0) is 90.0 Å². The highest BCUT2D eigenvalue weighted by atomic mass is 32.2. The first-order valence-electron chi connectivity index (χ1n) is 30.8. The number of carbonyl (C=O) groups is 10. The van der Waals surface area contributed by atoms with Crippen LogP contribution in [0, 0.1) is 5.82 Å². The van der Waals surface area contributed by atoms with E-state index in [0.717, 1.165) is 11.1 Å². The third kappa shape index (κ3) is 20.5. The summed E-state index contributed by atoms with van der Waals surface area (Å²) in [6, 6.07) is 15.5. The molecule has 4 aromatic carbocycles. The van der Waals surface area contributed by atoms with Gasteiger partial charge < -0.3 is 72.7 Å². The van der Waals surface area contributed by atoms with Crippen molar-refractivity contribution < 1.29 is 66.9 Å². The maximum Gasteiger partial charge on any atom is 0.303 e. The summed E-state index contributed by atoms with van der Waals surface area (Å²) in [6.45, 7) is 6.60. The molecule has 2 bridgehead atoms. The summed E-state index contributed by atoms with van der Waals surface area (Å²) in [5, 5.41) is 32.0. The van der Waals surface area contributed by atoms with Crippen LogP contribution in [-0.4, -0.2) is 167 Å². The molecule has 9 amide bonds. The molecule has 2 aliphatic heterocycles. The molecule has 0 unspecified atom stereocenters. The number of amides is 9. The lowest BCUT2D eigenvalue weighted by molar-refractivity contribution is -0.147. The molecule has 2 aliphatic rings. The van der Waals surface area contributed by atoms with Gasteiger partial charge >= 0.3 is 5.97 Å². The van der Waals surface area contributed by atoms with Gasteiger partial charge in [-0.15, -0.1) is 0 Å². The van der Waals surface area contributed by atoms with Gasteiger partial charge in [0.25, 0.3) is 0 Å². The van der Waals surface area contributed by atoms with Crippen LogP contribution in [0.2, 0.25) is 0 Å². The number of nitrogens with zero attached hydrogens (tertiary/aromatic N) is 1. The Morgan fingerprint density at radius 3 is 2.00 bits per heavy atom. The number of halogens is 1. The van der Waals surface area contributed by atoms with Crippen LogP contribution in [0.4, 0.5) is 4.39 Å². The van der Waals surface area contributed by atoms with Crippen molar-refractivity contribution in [3.8, 4) is 5.75 Å². The lowest BCUT2D eigenvalue weighted by Gasteiger charge is -2.37. The van der Waals surface area contributed by atoms with Crippen molar-refractivity contribution in [1.82, 2.24) is 52.4 Å². The van der Waals surface area contributed by atoms with Crippen molar-refractivity contribution in [2.24, 2.45) is 5.73 Å². The highest BCUT2D eigenvalue weighted by molar-refractivity contribution is 7.98. The molecular weight excluding hydrogens is 1240 g/mol. The number of carbonyl (C=O) groups excluding carboxylic acids is 9. The van der Waals surface area contributed by atoms with E-state index in [4.69, 9.17) is 15.2 Å². The van der Waals surface area contributed by atoms with E-state index >= 15 is 9.59 Å². The highest BCUT2D eigenvalue weighted by Gasteiger charge is 2.48. The summed E-state index contributed by atoms with van der Waals surface area (Å²) in [7, 11) is 2.78. The van der Waals surface area contributed by atoms with Crippen LogP contribution in [0.15, 0.2) is 97.2 Å². The van der Waals surface area contributed by atoms with Crippen LogP contribution < -0.4 is 53.0 Å².